The number of aromatic amines is 1. The van der Waals surface area contributed by atoms with E-state index in [1.54, 1.807) is 0 Å². The zero-order valence-corrected chi connectivity index (χ0v) is 17.9. The van der Waals surface area contributed by atoms with Crippen LogP contribution in [0.5, 0.6) is 0 Å². The van der Waals surface area contributed by atoms with Crippen molar-refractivity contribution >= 4 is 32.5 Å². The lowest BCUT2D eigenvalue weighted by Gasteiger charge is -2.13. The number of nitriles is 1. The first-order valence-electron chi connectivity index (χ1n) is 9.52. The third-order valence-corrected chi connectivity index (χ3v) is 6.34. The number of benzene rings is 2. The first-order chi connectivity index (χ1) is 16.4. The number of halogens is 5. The summed E-state index contributed by atoms with van der Waals surface area (Å²) in [6.07, 6.45) is -2.33. The van der Waals surface area contributed by atoms with Crippen LogP contribution in [0.2, 0.25) is 0 Å². The molecule has 0 bridgehead atoms. The van der Waals surface area contributed by atoms with Gasteiger partial charge in [0.2, 0.25) is 5.78 Å². The number of aromatic nitrogens is 2. The van der Waals surface area contributed by atoms with Crippen LogP contribution in [0.1, 0.15) is 27.0 Å². The molecule has 2 aromatic carbocycles. The Morgan fingerprint density at radius 2 is 1.77 bits per heavy atom. The fraction of sp³-hybridized carbons (Fsp3) is 0.0455. The molecule has 0 fully saturated rings. The van der Waals surface area contributed by atoms with Crippen molar-refractivity contribution in [2.24, 2.45) is 0 Å². The van der Waals surface area contributed by atoms with E-state index in [9.17, 15) is 30.8 Å². The number of carbonyl (C=O) groups excluding carboxylic acids is 1. The van der Waals surface area contributed by atoms with Crippen LogP contribution in [0.15, 0.2) is 59.8 Å². The molecule has 35 heavy (non-hydrogen) atoms. The van der Waals surface area contributed by atoms with Gasteiger partial charge in [-0.3, -0.25) is 9.52 Å². The summed E-state index contributed by atoms with van der Waals surface area (Å²) in [5.41, 5.74) is -2.93. The van der Waals surface area contributed by atoms with Crippen molar-refractivity contribution < 1.29 is 35.2 Å². The van der Waals surface area contributed by atoms with Gasteiger partial charge in [-0.2, -0.15) is 18.4 Å². The molecule has 0 amide bonds. The summed E-state index contributed by atoms with van der Waals surface area (Å²) < 4.78 is 94.8. The van der Waals surface area contributed by atoms with Crippen molar-refractivity contribution in [2.75, 3.05) is 4.72 Å². The van der Waals surface area contributed by atoms with Crippen LogP contribution in [-0.2, 0) is 16.2 Å². The summed E-state index contributed by atoms with van der Waals surface area (Å²) in [5, 5.41) is 9.15. The van der Waals surface area contributed by atoms with Crippen molar-refractivity contribution in [2.45, 2.75) is 11.1 Å². The van der Waals surface area contributed by atoms with Crippen LogP contribution in [0.25, 0.3) is 11.0 Å². The molecule has 7 nitrogen and oxygen atoms in total. The maximum absolute atomic E-state index is 15.2. The Balaban J connectivity index is 1.72. The number of nitrogens with one attached hydrogen (secondary N) is 2. The number of carbonyl (C=O) groups is 1. The molecule has 2 N–H and O–H groups in total. The van der Waals surface area contributed by atoms with Gasteiger partial charge in [0.15, 0.2) is 5.82 Å². The average Bonchev–Trinajstić information content (AvgIpc) is 3.23. The molecular formula is C22H11F5N4O3S. The number of rotatable bonds is 5. The Hall–Kier alpha value is -4.31. The zero-order valence-electron chi connectivity index (χ0n) is 17.1. The molecule has 4 aromatic rings. The molecule has 2 aromatic heterocycles. The lowest BCUT2D eigenvalue weighted by molar-refractivity contribution is -0.137. The van der Waals surface area contributed by atoms with Gasteiger partial charge in [-0.15, -0.1) is 0 Å². The van der Waals surface area contributed by atoms with Crippen LogP contribution >= 0.6 is 0 Å². The summed E-state index contributed by atoms with van der Waals surface area (Å²) >= 11 is 0. The molecule has 0 spiro atoms. The topological polar surface area (TPSA) is 116 Å². The molecule has 0 aliphatic heterocycles. The fourth-order valence-electron chi connectivity index (χ4n) is 3.25. The van der Waals surface area contributed by atoms with Gasteiger partial charge in [0.05, 0.1) is 27.3 Å². The number of alkyl halides is 3. The van der Waals surface area contributed by atoms with E-state index < -0.39 is 55.3 Å². The number of fused-ring (bicyclic) bond motifs is 1. The van der Waals surface area contributed by atoms with Crippen molar-refractivity contribution in [1.29, 1.82) is 5.26 Å². The van der Waals surface area contributed by atoms with E-state index in [1.165, 1.54) is 12.3 Å². The smallest absolute Gasteiger partial charge is 0.345 e. The monoisotopic (exact) mass is 506 g/mol. The molecule has 4 rings (SSSR count). The first kappa shape index (κ1) is 23.8. The van der Waals surface area contributed by atoms with Gasteiger partial charge in [0, 0.05) is 23.3 Å². The minimum atomic E-state index is -4.69. The van der Waals surface area contributed by atoms with Crippen LogP contribution < -0.4 is 4.72 Å². The standard InChI is InChI=1S/C22H11F5N4O3S/c23-16-5-6-17(31-35(33,34)13-3-1-12(2-4-13)22(25,26)27)19(24)18(16)20(32)15-10-30-21-14(15)7-11(8-28)9-29-21/h1-7,9-10,31H,(H,29,30). The van der Waals surface area contributed by atoms with Crippen molar-refractivity contribution in [3.8, 4) is 6.07 Å². The highest BCUT2D eigenvalue weighted by Gasteiger charge is 2.31. The number of ketones is 1. The van der Waals surface area contributed by atoms with Crippen LogP contribution in [0.3, 0.4) is 0 Å². The number of hydrogen-bond donors (Lipinski definition) is 2. The second-order valence-electron chi connectivity index (χ2n) is 7.18. The predicted molar refractivity (Wildman–Crippen MR) is 113 cm³/mol. The molecule has 0 aliphatic rings. The molecule has 178 valence electrons. The second kappa shape index (κ2) is 8.48. The Bertz CT molecular complexity index is 1620. The van der Waals surface area contributed by atoms with E-state index in [2.05, 4.69) is 9.97 Å². The van der Waals surface area contributed by atoms with Crippen molar-refractivity contribution in [3.05, 3.63) is 88.7 Å². The first-order valence-corrected chi connectivity index (χ1v) is 11.0. The molecule has 13 heteroatoms. The van der Waals surface area contributed by atoms with E-state index >= 15 is 4.39 Å². The van der Waals surface area contributed by atoms with Gasteiger partial charge in [-0.25, -0.2) is 22.2 Å². The minimum absolute atomic E-state index is 0.0881. The number of H-pyrrole nitrogens is 1. The maximum atomic E-state index is 15.2. The normalized spacial score (nSPS) is 11.9. The molecular weight excluding hydrogens is 495 g/mol. The van der Waals surface area contributed by atoms with Gasteiger partial charge in [0.25, 0.3) is 10.0 Å². The van der Waals surface area contributed by atoms with Gasteiger partial charge in [-0.05, 0) is 42.5 Å². The van der Waals surface area contributed by atoms with Crippen LogP contribution in [0, 0.1) is 23.0 Å². The number of nitrogens with zero attached hydrogens (tertiary/aromatic N) is 2. The van der Waals surface area contributed by atoms with E-state index in [-0.39, 0.29) is 22.2 Å². The quantitative estimate of drug-likeness (QED) is 0.299. The van der Waals surface area contributed by atoms with E-state index in [0.717, 1.165) is 12.3 Å². The Morgan fingerprint density at radius 1 is 1.09 bits per heavy atom. The fourth-order valence-corrected chi connectivity index (χ4v) is 4.31. The Labute approximate surface area is 193 Å². The summed E-state index contributed by atoms with van der Waals surface area (Å²) in [6, 6.07) is 6.91. The minimum Gasteiger partial charge on any atom is -0.345 e. The SMILES string of the molecule is N#Cc1cnc2[nH]cc(C(=O)c3c(F)ccc(NS(=O)(=O)c4ccc(C(F)(F)F)cc4)c3F)c2c1. The second-order valence-corrected chi connectivity index (χ2v) is 8.86. The lowest BCUT2D eigenvalue weighted by atomic mass is 10.0. The average molecular weight is 506 g/mol. The maximum Gasteiger partial charge on any atom is 0.416 e. The lowest BCUT2D eigenvalue weighted by Crippen LogP contribution is -2.17. The summed E-state index contributed by atoms with van der Waals surface area (Å²) in [5.74, 6) is -3.98. The molecule has 0 saturated heterocycles. The molecule has 0 atom stereocenters. The summed E-state index contributed by atoms with van der Waals surface area (Å²) in [6.45, 7) is 0. The van der Waals surface area contributed by atoms with E-state index in [0.29, 0.717) is 30.3 Å². The molecule has 0 radical (unpaired) electrons. The van der Waals surface area contributed by atoms with Gasteiger partial charge >= 0.3 is 6.18 Å². The number of sulfonamides is 1. The van der Waals surface area contributed by atoms with Crippen molar-refractivity contribution in [3.63, 3.8) is 0 Å². The van der Waals surface area contributed by atoms with Gasteiger partial charge < -0.3 is 4.98 Å². The molecule has 0 unspecified atom stereocenters. The highest BCUT2D eigenvalue weighted by Crippen LogP contribution is 2.31. The number of anilines is 1. The third-order valence-electron chi connectivity index (χ3n) is 4.96. The number of hydrogen-bond acceptors (Lipinski definition) is 5. The van der Waals surface area contributed by atoms with Gasteiger partial charge in [-0.1, -0.05) is 0 Å². The number of pyridine rings is 1. The van der Waals surface area contributed by atoms with E-state index in [4.69, 9.17) is 5.26 Å². The molecule has 2 heterocycles. The van der Waals surface area contributed by atoms with Crippen LogP contribution in [0.4, 0.5) is 27.6 Å². The summed E-state index contributed by atoms with van der Waals surface area (Å²) in [4.78, 5) is 18.9. The highest BCUT2D eigenvalue weighted by atomic mass is 32.2. The van der Waals surface area contributed by atoms with Crippen molar-refractivity contribution in [1.82, 2.24) is 9.97 Å². The third kappa shape index (κ3) is 4.43. The van der Waals surface area contributed by atoms with Gasteiger partial charge in [0.1, 0.15) is 17.5 Å². The summed E-state index contributed by atoms with van der Waals surface area (Å²) in [7, 11) is -4.59. The van der Waals surface area contributed by atoms with Crippen LogP contribution in [-0.4, -0.2) is 24.2 Å². The molecule has 0 aliphatic carbocycles. The van der Waals surface area contributed by atoms with E-state index in [1.807, 2.05) is 10.8 Å². The largest absolute Gasteiger partial charge is 0.416 e. The zero-order chi connectivity index (χ0) is 25.5. The molecule has 0 saturated carbocycles. The Morgan fingerprint density at radius 3 is 2.40 bits per heavy atom. The highest BCUT2D eigenvalue weighted by molar-refractivity contribution is 7.92. The Kier molecular flexibility index (Phi) is 5.77. The predicted octanol–water partition coefficient (Wildman–Crippen LogP) is 4.76.